The lowest BCUT2D eigenvalue weighted by Crippen LogP contribution is -2.23. The SMILES string of the molecule is [CH2]CC([SiH3])C1CCCCO1. The number of rotatable bonds is 2. The first kappa shape index (κ1) is 8.28. The van der Waals surface area contributed by atoms with Crippen LogP contribution in [0.2, 0.25) is 5.54 Å². The van der Waals surface area contributed by atoms with Gasteiger partial charge in [0.2, 0.25) is 0 Å². The molecule has 0 N–H and O–H groups in total. The Morgan fingerprint density at radius 2 is 2.40 bits per heavy atom. The second-order valence-electron chi connectivity index (χ2n) is 3.17. The van der Waals surface area contributed by atoms with Crippen molar-refractivity contribution in [3.8, 4) is 0 Å². The molecule has 0 aromatic rings. The van der Waals surface area contributed by atoms with E-state index >= 15 is 0 Å². The van der Waals surface area contributed by atoms with Gasteiger partial charge in [0.05, 0.1) is 6.10 Å². The molecule has 1 heterocycles. The summed E-state index contributed by atoms with van der Waals surface area (Å²) in [5, 5.41) is 0. The molecule has 0 aromatic heterocycles. The Kier molecular flexibility index (Phi) is 3.42. The van der Waals surface area contributed by atoms with Gasteiger partial charge in [-0.2, -0.15) is 0 Å². The Morgan fingerprint density at radius 3 is 2.90 bits per heavy atom. The van der Waals surface area contributed by atoms with Gasteiger partial charge in [0.15, 0.2) is 0 Å². The van der Waals surface area contributed by atoms with E-state index in [0.717, 1.165) is 18.6 Å². The summed E-state index contributed by atoms with van der Waals surface area (Å²) in [7, 11) is 1.24. The lowest BCUT2D eigenvalue weighted by atomic mass is 10.0. The van der Waals surface area contributed by atoms with Crippen LogP contribution >= 0.6 is 0 Å². The summed E-state index contributed by atoms with van der Waals surface area (Å²) < 4.78 is 5.63. The Morgan fingerprint density at radius 1 is 1.60 bits per heavy atom. The van der Waals surface area contributed by atoms with Crippen molar-refractivity contribution in [3.63, 3.8) is 0 Å². The van der Waals surface area contributed by atoms with Crippen LogP contribution in [0.1, 0.15) is 25.7 Å². The molecule has 1 aliphatic heterocycles. The van der Waals surface area contributed by atoms with E-state index in [4.69, 9.17) is 4.74 Å². The largest absolute Gasteiger partial charge is 0.378 e. The Bertz CT molecular complexity index is 89.3. The van der Waals surface area contributed by atoms with Gasteiger partial charge in [-0.1, -0.05) is 13.3 Å². The molecule has 0 amide bonds. The van der Waals surface area contributed by atoms with Gasteiger partial charge in [-0.15, -0.1) is 0 Å². The van der Waals surface area contributed by atoms with Crippen molar-refractivity contribution in [2.45, 2.75) is 37.3 Å². The fourth-order valence-electron chi connectivity index (χ4n) is 1.40. The Balaban J connectivity index is 2.24. The molecule has 0 saturated carbocycles. The Labute approximate surface area is 66.6 Å². The third-order valence-electron chi connectivity index (χ3n) is 2.30. The minimum absolute atomic E-state index is 0.568. The molecule has 2 atom stereocenters. The third kappa shape index (κ3) is 2.10. The van der Waals surface area contributed by atoms with Crippen molar-refractivity contribution < 1.29 is 4.74 Å². The molecule has 1 radical (unpaired) electrons. The molecule has 59 valence electrons. The molecular weight excluding hydrogens is 140 g/mol. The average molecular weight is 157 g/mol. The maximum absolute atomic E-state index is 5.63. The predicted octanol–water partition coefficient (Wildman–Crippen LogP) is 0.934. The van der Waals surface area contributed by atoms with Crippen molar-refractivity contribution in [2.24, 2.45) is 0 Å². The highest BCUT2D eigenvalue weighted by atomic mass is 28.1. The van der Waals surface area contributed by atoms with E-state index in [1.807, 2.05) is 0 Å². The maximum Gasteiger partial charge on any atom is 0.0571 e. The number of hydrogen-bond acceptors (Lipinski definition) is 1. The normalized spacial score (nSPS) is 30.3. The van der Waals surface area contributed by atoms with Gasteiger partial charge in [-0.25, -0.2) is 0 Å². The minimum atomic E-state index is 0.568. The highest BCUT2D eigenvalue weighted by molar-refractivity contribution is 6.12. The molecule has 0 aromatic carbocycles. The summed E-state index contributed by atoms with van der Waals surface area (Å²) in [5.41, 5.74) is 0.792. The summed E-state index contributed by atoms with van der Waals surface area (Å²) >= 11 is 0. The molecule has 10 heavy (non-hydrogen) atoms. The summed E-state index contributed by atoms with van der Waals surface area (Å²) in [6, 6.07) is 0. The smallest absolute Gasteiger partial charge is 0.0571 e. The van der Waals surface area contributed by atoms with Crippen molar-refractivity contribution >= 4 is 10.2 Å². The molecule has 1 saturated heterocycles. The molecule has 1 aliphatic rings. The molecule has 2 heteroatoms. The van der Waals surface area contributed by atoms with Gasteiger partial charge in [0.25, 0.3) is 0 Å². The van der Waals surface area contributed by atoms with Crippen LogP contribution in [0, 0.1) is 6.92 Å². The molecule has 2 unspecified atom stereocenters. The van der Waals surface area contributed by atoms with Gasteiger partial charge in [0.1, 0.15) is 0 Å². The zero-order valence-corrected chi connectivity index (χ0v) is 8.81. The van der Waals surface area contributed by atoms with Crippen LogP contribution < -0.4 is 0 Å². The van der Waals surface area contributed by atoms with E-state index in [9.17, 15) is 0 Å². The summed E-state index contributed by atoms with van der Waals surface area (Å²) in [4.78, 5) is 0. The van der Waals surface area contributed by atoms with E-state index in [2.05, 4.69) is 6.92 Å². The molecule has 1 nitrogen and oxygen atoms in total. The number of ether oxygens (including phenoxy) is 1. The van der Waals surface area contributed by atoms with Crippen molar-refractivity contribution in [1.82, 2.24) is 0 Å². The van der Waals surface area contributed by atoms with E-state index in [1.165, 1.54) is 29.5 Å². The lowest BCUT2D eigenvalue weighted by Gasteiger charge is -2.27. The van der Waals surface area contributed by atoms with E-state index < -0.39 is 0 Å². The molecule has 0 bridgehead atoms. The van der Waals surface area contributed by atoms with Crippen LogP contribution in [-0.2, 0) is 4.74 Å². The summed E-state index contributed by atoms with van der Waals surface area (Å²) in [5.74, 6) is 0. The summed E-state index contributed by atoms with van der Waals surface area (Å²) in [6.07, 6.45) is 5.55. The van der Waals surface area contributed by atoms with Gasteiger partial charge >= 0.3 is 0 Å². The monoisotopic (exact) mass is 157 g/mol. The van der Waals surface area contributed by atoms with Crippen molar-refractivity contribution in [3.05, 3.63) is 6.92 Å². The minimum Gasteiger partial charge on any atom is -0.378 e. The molecule has 1 fully saturated rings. The second kappa shape index (κ2) is 4.14. The first-order chi connectivity index (χ1) is 4.84. The summed E-state index contributed by atoms with van der Waals surface area (Å²) in [6.45, 7) is 4.91. The van der Waals surface area contributed by atoms with Crippen LogP contribution in [0.25, 0.3) is 0 Å². The Hall–Kier alpha value is 0.177. The van der Waals surface area contributed by atoms with E-state index in [-0.39, 0.29) is 0 Å². The highest BCUT2D eigenvalue weighted by Crippen LogP contribution is 2.23. The average Bonchev–Trinajstić information content (AvgIpc) is 2.05. The van der Waals surface area contributed by atoms with Crippen LogP contribution in [0.4, 0.5) is 0 Å². The molecule has 0 aliphatic carbocycles. The van der Waals surface area contributed by atoms with E-state index in [0.29, 0.717) is 6.10 Å². The molecule has 1 rings (SSSR count). The zero-order chi connectivity index (χ0) is 7.40. The lowest BCUT2D eigenvalue weighted by molar-refractivity contribution is 0.0125. The topological polar surface area (TPSA) is 9.23 Å². The highest BCUT2D eigenvalue weighted by Gasteiger charge is 2.18. The first-order valence-electron chi connectivity index (χ1n) is 4.25. The number of hydrogen-bond donors (Lipinski definition) is 0. The van der Waals surface area contributed by atoms with Crippen molar-refractivity contribution in [1.29, 1.82) is 0 Å². The van der Waals surface area contributed by atoms with Gasteiger partial charge in [0, 0.05) is 16.8 Å². The molecular formula is C8H17OSi. The van der Waals surface area contributed by atoms with Crippen molar-refractivity contribution in [2.75, 3.05) is 6.61 Å². The van der Waals surface area contributed by atoms with E-state index in [1.54, 1.807) is 0 Å². The molecule has 0 spiro atoms. The first-order valence-corrected chi connectivity index (χ1v) is 5.41. The fraction of sp³-hybridized carbons (Fsp3) is 0.875. The zero-order valence-electron chi connectivity index (χ0n) is 6.81. The maximum atomic E-state index is 5.63. The second-order valence-corrected chi connectivity index (χ2v) is 4.65. The quantitative estimate of drug-likeness (QED) is 0.542. The van der Waals surface area contributed by atoms with Gasteiger partial charge in [-0.05, 0) is 24.8 Å². The van der Waals surface area contributed by atoms with Crippen LogP contribution in [0.5, 0.6) is 0 Å². The predicted molar refractivity (Wildman–Crippen MR) is 47.3 cm³/mol. The van der Waals surface area contributed by atoms with Crippen LogP contribution in [-0.4, -0.2) is 23.0 Å². The fourth-order valence-corrected chi connectivity index (χ4v) is 1.93. The third-order valence-corrected chi connectivity index (χ3v) is 3.63. The van der Waals surface area contributed by atoms with Gasteiger partial charge < -0.3 is 4.74 Å². The van der Waals surface area contributed by atoms with Crippen LogP contribution in [0.3, 0.4) is 0 Å². The van der Waals surface area contributed by atoms with Gasteiger partial charge in [-0.3, -0.25) is 0 Å². The standard InChI is InChI=1S/C8H17OSi/c1-2-8(10)7-5-3-4-6-9-7/h7-8H,1-6H2,10H3. The van der Waals surface area contributed by atoms with Crippen LogP contribution in [0.15, 0.2) is 0 Å².